The highest BCUT2D eigenvalue weighted by atomic mass is 19.3. The third kappa shape index (κ3) is 7.08. The van der Waals surface area contributed by atoms with E-state index in [4.69, 9.17) is 4.74 Å². The Balaban J connectivity index is 2.67. The molecule has 1 amide bonds. The summed E-state index contributed by atoms with van der Waals surface area (Å²) < 4.78 is 34.0. The largest absolute Gasteiger partial charge is 0.453 e. The molecule has 1 unspecified atom stereocenters. The quantitative estimate of drug-likeness (QED) is 0.810. The molecule has 1 atom stereocenters. The average molecular weight is 329 g/mol. The number of esters is 1. The molecule has 0 spiro atoms. The van der Waals surface area contributed by atoms with E-state index in [1.54, 1.807) is 6.07 Å². The van der Waals surface area contributed by atoms with Crippen molar-refractivity contribution in [3.63, 3.8) is 0 Å². The molecule has 0 aliphatic carbocycles. The molecular weight excluding hydrogens is 308 g/mol. The summed E-state index contributed by atoms with van der Waals surface area (Å²) in [6.45, 7) is 4.02. The number of carbonyl (C=O) groups excluding carboxylic acids is 2. The van der Waals surface area contributed by atoms with Crippen LogP contribution in [0.5, 0.6) is 5.75 Å². The number of carbonyl (C=O) groups is 2. The van der Waals surface area contributed by atoms with E-state index in [-0.39, 0.29) is 23.3 Å². The standard InChI is InChI=1S/C16H21F2NO4/c1-10(22-13(20)9-16(2,3)4)14(21)19-11-7-5-6-8-12(11)23-15(17)18/h5-8,10,15H,9H2,1-4H3,(H,19,21). The van der Waals surface area contributed by atoms with Gasteiger partial charge in [-0.15, -0.1) is 0 Å². The number of halogens is 2. The Kier molecular flexibility index (Phi) is 6.48. The number of rotatable bonds is 6. The summed E-state index contributed by atoms with van der Waals surface area (Å²) in [6.07, 6.45) is -0.889. The van der Waals surface area contributed by atoms with E-state index in [2.05, 4.69) is 10.1 Å². The topological polar surface area (TPSA) is 64.6 Å². The summed E-state index contributed by atoms with van der Waals surface area (Å²) in [5, 5.41) is 2.41. The smallest absolute Gasteiger partial charge is 0.387 e. The van der Waals surface area contributed by atoms with E-state index < -0.39 is 24.6 Å². The van der Waals surface area contributed by atoms with E-state index in [0.717, 1.165) is 0 Å². The predicted molar refractivity (Wildman–Crippen MR) is 81.3 cm³/mol. The molecule has 1 N–H and O–H groups in total. The third-order valence-electron chi connectivity index (χ3n) is 2.71. The number of benzene rings is 1. The number of anilines is 1. The molecule has 0 bridgehead atoms. The van der Waals surface area contributed by atoms with E-state index >= 15 is 0 Å². The van der Waals surface area contributed by atoms with Crippen LogP contribution in [0.1, 0.15) is 34.1 Å². The van der Waals surface area contributed by atoms with Gasteiger partial charge in [0.1, 0.15) is 5.75 Å². The van der Waals surface area contributed by atoms with Gasteiger partial charge in [0.2, 0.25) is 0 Å². The molecule has 0 aromatic heterocycles. The van der Waals surface area contributed by atoms with Crippen molar-refractivity contribution in [2.45, 2.75) is 46.8 Å². The molecule has 0 radical (unpaired) electrons. The fraction of sp³-hybridized carbons (Fsp3) is 0.500. The van der Waals surface area contributed by atoms with Gasteiger partial charge in [-0.3, -0.25) is 9.59 Å². The molecule has 1 aromatic rings. The molecular formula is C16H21F2NO4. The van der Waals surface area contributed by atoms with E-state index in [9.17, 15) is 18.4 Å². The summed E-state index contributed by atoms with van der Waals surface area (Å²) in [4.78, 5) is 23.7. The lowest BCUT2D eigenvalue weighted by Gasteiger charge is -2.19. The van der Waals surface area contributed by atoms with Crippen LogP contribution in [0, 0.1) is 5.41 Å². The summed E-state index contributed by atoms with van der Waals surface area (Å²) in [5.41, 5.74) is -0.179. The number of nitrogens with one attached hydrogen (secondary N) is 1. The van der Waals surface area contributed by atoms with Crippen LogP contribution in [0.25, 0.3) is 0 Å². The van der Waals surface area contributed by atoms with Gasteiger partial charge < -0.3 is 14.8 Å². The zero-order valence-electron chi connectivity index (χ0n) is 13.6. The zero-order valence-corrected chi connectivity index (χ0v) is 13.6. The molecule has 0 aliphatic rings. The van der Waals surface area contributed by atoms with Crippen molar-refractivity contribution in [1.29, 1.82) is 0 Å². The molecule has 1 rings (SSSR count). The van der Waals surface area contributed by atoms with Crippen LogP contribution in [0.2, 0.25) is 0 Å². The number of amides is 1. The van der Waals surface area contributed by atoms with Gasteiger partial charge in [-0.25, -0.2) is 0 Å². The second-order valence-electron chi connectivity index (χ2n) is 6.23. The van der Waals surface area contributed by atoms with Crippen molar-refractivity contribution in [3.8, 4) is 5.75 Å². The van der Waals surface area contributed by atoms with Crippen LogP contribution in [-0.4, -0.2) is 24.6 Å². The molecule has 5 nitrogen and oxygen atoms in total. The number of hydrogen-bond acceptors (Lipinski definition) is 4. The fourth-order valence-electron chi connectivity index (χ4n) is 1.73. The van der Waals surface area contributed by atoms with E-state index in [0.29, 0.717) is 0 Å². The van der Waals surface area contributed by atoms with Crippen molar-refractivity contribution in [2.75, 3.05) is 5.32 Å². The highest BCUT2D eigenvalue weighted by Gasteiger charge is 2.23. The normalized spacial score (nSPS) is 12.7. The van der Waals surface area contributed by atoms with Gasteiger partial charge in [-0.2, -0.15) is 8.78 Å². The average Bonchev–Trinajstić information content (AvgIpc) is 2.37. The monoisotopic (exact) mass is 329 g/mol. The first kappa shape index (κ1) is 18.9. The molecule has 0 saturated carbocycles. The maximum absolute atomic E-state index is 12.3. The van der Waals surface area contributed by atoms with Gasteiger partial charge in [0.15, 0.2) is 6.10 Å². The second-order valence-corrected chi connectivity index (χ2v) is 6.23. The van der Waals surface area contributed by atoms with Crippen molar-refractivity contribution in [3.05, 3.63) is 24.3 Å². The summed E-state index contributed by atoms with van der Waals surface area (Å²) in [7, 11) is 0. The lowest BCUT2D eigenvalue weighted by Crippen LogP contribution is -2.31. The van der Waals surface area contributed by atoms with Crippen molar-refractivity contribution in [2.24, 2.45) is 5.41 Å². The van der Waals surface area contributed by atoms with Crippen LogP contribution >= 0.6 is 0 Å². The number of alkyl halides is 2. The van der Waals surface area contributed by atoms with Gasteiger partial charge in [0.25, 0.3) is 5.91 Å². The summed E-state index contributed by atoms with van der Waals surface area (Å²) >= 11 is 0. The number of hydrogen-bond donors (Lipinski definition) is 1. The maximum Gasteiger partial charge on any atom is 0.387 e. The molecule has 0 aliphatic heterocycles. The van der Waals surface area contributed by atoms with E-state index in [1.807, 2.05) is 20.8 Å². The minimum atomic E-state index is -3.00. The van der Waals surface area contributed by atoms with Crippen LogP contribution in [0.3, 0.4) is 0 Å². The molecule has 0 saturated heterocycles. The lowest BCUT2D eigenvalue weighted by atomic mass is 9.92. The molecule has 0 fully saturated rings. The number of ether oxygens (including phenoxy) is 2. The molecule has 7 heteroatoms. The fourth-order valence-corrected chi connectivity index (χ4v) is 1.73. The van der Waals surface area contributed by atoms with Crippen LogP contribution in [0.4, 0.5) is 14.5 Å². The molecule has 0 heterocycles. The first-order valence-electron chi connectivity index (χ1n) is 7.12. The maximum atomic E-state index is 12.3. The Morgan fingerprint density at radius 2 is 1.83 bits per heavy atom. The lowest BCUT2D eigenvalue weighted by molar-refractivity contribution is -0.154. The Bertz CT molecular complexity index is 555. The van der Waals surface area contributed by atoms with Crippen molar-refractivity contribution >= 4 is 17.6 Å². The van der Waals surface area contributed by atoms with E-state index in [1.165, 1.54) is 25.1 Å². The Labute approximate surface area is 134 Å². The minimum Gasteiger partial charge on any atom is -0.453 e. The Morgan fingerprint density at radius 1 is 1.22 bits per heavy atom. The Hall–Kier alpha value is -2.18. The van der Waals surface area contributed by atoms with Gasteiger partial charge in [-0.05, 0) is 24.5 Å². The van der Waals surface area contributed by atoms with Gasteiger partial charge >= 0.3 is 12.6 Å². The second kappa shape index (κ2) is 7.89. The predicted octanol–water partition coefficient (Wildman–Crippen LogP) is 3.59. The summed E-state index contributed by atoms with van der Waals surface area (Å²) in [6, 6.07) is 5.78. The van der Waals surface area contributed by atoms with Crippen molar-refractivity contribution < 1.29 is 27.8 Å². The van der Waals surface area contributed by atoms with Crippen LogP contribution in [0.15, 0.2) is 24.3 Å². The highest BCUT2D eigenvalue weighted by molar-refractivity contribution is 5.96. The third-order valence-corrected chi connectivity index (χ3v) is 2.71. The van der Waals surface area contributed by atoms with Crippen LogP contribution in [-0.2, 0) is 14.3 Å². The van der Waals surface area contributed by atoms with Gasteiger partial charge in [0, 0.05) is 0 Å². The number of para-hydroxylation sites is 2. The van der Waals surface area contributed by atoms with Crippen molar-refractivity contribution in [1.82, 2.24) is 0 Å². The first-order valence-corrected chi connectivity index (χ1v) is 7.12. The minimum absolute atomic E-state index is 0.0801. The summed E-state index contributed by atoms with van der Waals surface area (Å²) in [5.74, 6) is -1.29. The molecule has 128 valence electrons. The highest BCUT2D eigenvalue weighted by Crippen LogP contribution is 2.26. The zero-order chi connectivity index (χ0) is 17.6. The first-order chi connectivity index (χ1) is 10.6. The molecule has 23 heavy (non-hydrogen) atoms. The Morgan fingerprint density at radius 3 is 2.39 bits per heavy atom. The van der Waals surface area contributed by atoms with Crippen LogP contribution < -0.4 is 10.1 Å². The SMILES string of the molecule is CC(OC(=O)CC(C)(C)C)C(=O)Nc1ccccc1OC(F)F. The van der Waals surface area contributed by atoms with Gasteiger partial charge in [-0.1, -0.05) is 32.9 Å². The molecule has 1 aromatic carbocycles. The van der Waals surface area contributed by atoms with Gasteiger partial charge in [0.05, 0.1) is 12.1 Å².